The van der Waals surface area contributed by atoms with Gasteiger partial charge in [-0.2, -0.15) is 0 Å². The summed E-state index contributed by atoms with van der Waals surface area (Å²) in [6.45, 7) is 0.988. The van der Waals surface area contributed by atoms with E-state index in [1.807, 2.05) is 0 Å². The highest BCUT2D eigenvalue weighted by Crippen LogP contribution is 2.29. The summed E-state index contributed by atoms with van der Waals surface area (Å²) in [6.07, 6.45) is 4.64. The summed E-state index contributed by atoms with van der Waals surface area (Å²) in [7, 11) is -1.71. The zero-order chi connectivity index (χ0) is 13.9. The molecule has 1 aliphatic carbocycles. The van der Waals surface area contributed by atoms with E-state index in [9.17, 15) is 8.42 Å². The maximum absolute atomic E-state index is 12.1. The van der Waals surface area contributed by atoms with Crippen LogP contribution in [0.1, 0.15) is 31.4 Å². The highest BCUT2D eigenvalue weighted by molar-refractivity contribution is 9.10. The molecule has 108 valence electrons. The molecule has 1 aliphatic rings. The number of hydrogen-bond donors (Lipinski definition) is 2. The summed E-state index contributed by atoms with van der Waals surface area (Å²) < 4.78 is 32.5. The van der Waals surface area contributed by atoms with Gasteiger partial charge in [0.15, 0.2) is 4.67 Å². The molecular formula is C12H19BrN2O3S. The fourth-order valence-corrected chi connectivity index (χ4v) is 4.14. The molecule has 7 heteroatoms. The molecule has 0 aromatic carbocycles. The van der Waals surface area contributed by atoms with Crippen LogP contribution in [-0.2, 0) is 16.6 Å². The van der Waals surface area contributed by atoms with E-state index >= 15 is 0 Å². The van der Waals surface area contributed by atoms with Gasteiger partial charge in [-0.15, -0.1) is 0 Å². The number of nitrogens with one attached hydrogen (secondary N) is 2. The van der Waals surface area contributed by atoms with Gasteiger partial charge in [-0.25, -0.2) is 13.1 Å². The third-order valence-corrected chi connectivity index (χ3v) is 5.73. The second-order valence-electron chi connectivity index (χ2n) is 4.86. The lowest BCUT2D eigenvalue weighted by Gasteiger charge is -2.24. The van der Waals surface area contributed by atoms with Crippen molar-refractivity contribution in [2.75, 3.05) is 13.6 Å². The molecule has 1 heterocycles. The first-order valence-corrected chi connectivity index (χ1v) is 8.73. The van der Waals surface area contributed by atoms with Crippen molar-refractivity contribution in [2.45, 2.75) is 37.1 Å². The van der Waals surface area contributed by atoms with Crippen LogP contribution in [0, 0.1) is 5.92 Å². The van der Waals surface area contributed by atoms with Crippen LogP contribution in [0.5, 0.6) is 0 Å². The van der Waals surface area contributed by atoms with Crippen molar-refractivity contribution < 1.29 is 12.8 Å². The molecule has 19 heavy (non-hydrogen) atoms. The fourth-order valence-electron chi connectivity index (χ4n) is 2.10. The van der Waals surface area contributed by atoms with Crippen LogP contribution in [0.3, 0.4) is 0 Å². The lowest BCUT2D eigenvalue weighted by molar-refractivity contribution is 0.297. The van der Waals surface area contributed by atoms with Crippen LogP contribution in [0.4, 0.5) is 0 Å². The van der Waals surface area contributed by atoms with Crippen LogP contribution < -0.4 is 10.0 Å². The van der Waals surface area contributed by atoms with Gasteiger partial charge in [-0.3, -0.25) is 0 Å². The summed E-state index contributed by atoms with van der Waals surface area (Å²) >= 11 is 3.16. The number of furan rings is 1. The molecule has 0 unspecified atom stereocenters. The molecule has 1 aromatic heterocycles. The van der Waals surface area contributed by atoms with E-state index in [1.54, 1.807) is 13.1 Å². The Morgan fingerprint density at radius 2 is 2.21 bits per heavy atom. The highest BCUT2D eigenvalue weighted by atomic mass is 79.9. The molecule has 1 aromatic rings. The second-order valence-corrected chi connectivity index (χ2v) is 7.32. The maximum Gasteiger partial charge on any atom is 0.244 e. The van der Waals surface area contributed by atoms with Crippen molar-refractivity contribution in [3.63, 3.8) is 0 Å². The van der Waals surface area contributed by atoms with Crippen LogP contribution in [-0.4, -0.2) is 22.0 Å². The predicted octanol–water partition coefficient (Wildman–Crippen LogP) is 2.23. The molecule has 0 spiro atoms. The third kappa shape index (κ3) is 3.81. The second kappa shape index (κ2) is 6.39. The molecular weight excluding hydrogens is 332 g/mol. The summed E-state index contributed by atoms with van der Waals surface area (Å²) in [5.74, 6) is 1.28. The van der Waals surface area contributed by atoms with E-state index in [0.717, 1.165) is 6.42 Å². The quantitative estimate of drug-likeness (QED) is 0.790. The van der Waals surface area contributed by atoms with Crippen LogP contribution in [0.25, 0.3) is 0 Å². The Bertz CT molecular complexity index is 523. The minimum Gasteiger partial charge on any atom is -0.452 e. The predicted molar refractivity (Wildman–Crippen MR) is 76.3 cm³/mol. The highest BCUT2D eigenvalue weighted by Gasteiger charge is 2.23. The van der Waals surface area contributed by atoms with Gasteiger partial charge in [0.2, 0.25) is 10.0 Å². The molecule has 0 amide bonds. The SMILES string of the molecule is CNCc1cc(S(=O)(=O)NCCC2CCC2)c(Br)o1. The summed E-state index contributed by atoms with van der Waals surface area (Å²) in [5, 5.41) is 2.92. The van der Waals surface area contributed by atoms with Crippen LogP contribution in [0.2, 0.25) is 0 Å². The first kappa shape index (κ1) is 15.0. The van der Waals surface area contributed by atoms with Gasteiger partial charge < -0.3 is 9.73 Å². The average molecular weight is 351 g/mol. The smallest absolute Gasteiger partial charge is 0.244 e. The van der Waals surface area contributed by atoms with E-state index < -0.39 is 10.0 Å². The Kier molecular flexibility index (Phi) is 5.05. The minimum atomic E-state index is -3.49. The van der Waals surface area contributed by atoms with E-state index in [2.05, 4.69) is 26.0 Å². The van der Waals surface area contributed by atoms with Gasteiger partial charge in [0.1, 0.15) is 10.7 Å². The van der Waals surface area contributed by atoms with Gasteiger partial charge in [0.25, 0.3) is 0 Å². The zero-order valence-corrected chi connectivity index (χ0v) is 13.3. The average Bonchev–Trinajstić information content (AvgIpc) is 2.65. The Labute approximate surface area is 122 Å². The largest absolute Gasteiger partial charge is 0.452 e. The van der Waals surface area contributed by atoms with Crippen molar-refractivity contribution in [2.24, 2.45) is 5.92 Å². The monoisotopic (exact) mass is 350 g/mol. The molecule has 0 saturated heterocycles. The number of hydrogen-bond acceptors (Lipinski definition) is 4. The van der Waals surface area contributed by atoms with Crippen molar-refractivity contribution >= 4 is 26.0 Å². The van der Waals surface area contributed by atoms with E-state index in [0.29, 0.717) is 24.8 Å². The number of rotatable bonds is 7. The first-order chi connectivity index (χ1) is 9.03. The normalized spacial score (nSPS) is 16.5. The molecule has 0 atom stereocenters. The molecule has 2 rings (SSSR count). The van der Waals surface area contributed by atoms with Gasteiger partial charge in [0.05, 0.1) is 6.54 Å². The lowest BCUT2D eigenvalue weighted by Crippen LogP contribution is -2.27. The lowest BCUT2D eigenvalue weighted by atomic mass is 9.83. The first-order valence-electron chi connectivity index (χ1n) is 6.45. The van der Waals surface area contributed by atoms with Crippen molar-refractivity contribution in [1.82, 2.24) is 10.0 Å². The van der Waals surface area contributed by atoms with Gasteiger partial charge in [-0.1, -0.05) is 19.3 Å². The molecule has 1 fully saturated rings. The fraction of sp³-hybridized carbons (Fsp3) is 0.667. The Balaban J connectivity index is 1.97. The number of halogens is 1. The van der Waals surface area contributed by atoms with Gasteiger partial charge in [-0.05, 0) is 35.3 Å². The molecule has 5 nitrogen and oxygen atoms in total. The Hall–Kier alpha value is -0.370. The molecule has 2 N–H and O–H groups in total. The summed E-state index contributed by atoms with van der Waals surface area (Å²) in [4.78, 5) is 0.173. The Morgan fingerprint density at radius 3 is 2.79 bits per heavy atom. The number of sulfonamides is 1. The van der Waals surface area contributed by atoms with Crippen molar-refractivity contribution in [3.8, 4) is 0 Å². The minimum absolute atomic E-state index is 0.173. The molecule has 0 aliphatic heterocycles. The van der Waals surface area contributed by atoms with E-state index in [1.165, 1.54) is 19.3 Å². The van der Waals surface area contributed by atoms with Gasteiger partial charge in [0, 0.05) is 12.6 Å². The van der Waals surface area contributed by atoms with Crippen LogP contribution >= 0.6 is 15.9 Å². The maximum atomic E-state index is 12.1. The topological polar surface area (TPSA) is 71.3 Å². The van der Waals surface area contributed by atoms with Gasteiger partial charge >= 0.3 is 0 Å². The summed E-state index contributed by atoms with van der Waals surface area (Å²) in [5.41, 5.74) is 0. The summed E-state index contributed by atoms with van der Waals surface area (Å²) in [6, 6.07) is 1.55. The van der Waals surface area contributed by atoms with E-state index in [4.69, 9.17) is 4.42 Å². The standard InChI is InChI=1S/C12H19BrN2O3S/c1-14-8-10-7-11(12(13)18-10)19(16,17)15-6-5-9-3-2-4-9/h7,9,14-15H,2-6,8H2,1H3. The Morgan fingerprint density at radius 1 is 1.47 bits per heavy atom. The zero-order valence-electron chi connectivity index (χ0n) is 10.9. The van der Waals surface area contributed by atoms with Crippen molar-refractivity contribution in [3.05, 3.63) is 16.5 Å². The molecule has 0 bridgehead atoms. The van der Waals surface area contributed by atoms with E-state index in [-0.39, 0.29) is 9.56 Å². The molecule has 0 radical (unpaired) electrons. The third-order valence-electron chi connectivity index (χ3n) is 3.42. The van der Waals surface area contributed by atoms with Crippen molar-refractivity contribution in [1.29, 1.82) is 0 Å². The van der Waals surface area contributed by atoms with Crippen LogP contribution in [0.15, 0.2) is 20.0 Å². The molecule has 1 saturated carbocycles.